The number of nitrogens with one attached hydrogen (secondary N) is 1. The maximum absolute atomic E-state index is 12.0. The van der Waals surface area contributed by atoms with Gasteiger partial charge in [-0.05, 0) is 30.5 Å². The second-order valence-electron chi connectivity index (χ2n) is 4.57. The summed E-state index contributed by atoms with van der Waals surface area (Å²) in [7, 11) is -3.80. The third-order valence-electron chi connectivity index (χ3n) is 3.09. The highest BCUT2D eigenvalue weighted by molar-refractivity contribution is 7.89. The number of sulfonamides is 1. The fourth-order valence-corrected chi connectivity index (χ4v) is 3.05. The first kappa shape index (κ1) is 14.8. The molecule has 1 atom stereocenters. The Hall–Kier alpha value is -1.64. The molecule has 7 nitrogen and oxygen atoms in total. The zero-order chi connectivity index (χ0) is 14.8. The van der Waals surface area contributed by atoms with Crippen LogP contribution in [0.25, 0.3) is 0 Å². The molecule has 110 valence electrons. The molecule has 1 fully saturated rings. The number of aromatic carboxylic acids is 1. The van der Waals surface area contributed by atoms with E-state index in [9.17, 15) is 18.3 Å². The number of rotatable bonds is 5. The van der Waals surface area contributed by atoms with Gasteiger partial charge in [-0.1, -0.05) is 0 Å². The fraction of sp³-hybridized carbons (Fsp3) is 0.417. The molecule has 1 aromatic carbocycles. The first-order valence-electron chi connectivity index (χ1n) is 6.04. The topological polar surface area (TPSA) is 113 Å². The van der Waals surface area contributed by atoms with Crippen LogP contribution in [0.2, 0.25) is 0 Å². The van der Waals surface area contributed by atoms with Gasteiger partial charge in [-0.2, -0.15) is 0 Å². The average molecular weight is 301 g/mol. The molecule has 0 saturated carbocycles. The Morgan fingerprint density at radius 1 is 1.45 bits per heavy atom. The first-order valence-corrected chi connectivity index (χ1v) is 7.52. The Balaban J connectivity index is 2.16. The van der Waals surface area contributed by atoms with Crippen LogP contribution in [0.5, 0.6) is 5.75 Å². The minimum absolute atomic E-state index is 0.126. The summed E-state index contributed by atoms with van der Waals surface area (Å²) in [5, 5.41) is 18.2. The van der Waals surface area contributed by atoms with Gasteiger partial charge in [0, 0.05) is 13.2 Å². The third-order valence-corrected chi connectivity index (χ3v) is 4.52. The Kier molecular flexibility index (Phi) is 4.26. The predicted molar refractivity (Wildman–Crippen MR) is 69.2 cm³/mol. The van der Waals surface area contributed by atoms with Crippen molar-refractivity contribution in [3.63, 3.8) is 0 Å². The summed E-state index contributed by atoms with van der Waals surface area (Å²) in [6, 6.07) is 3.15. The van der Waals surface area contributed by atoms with Gasteiger partial charge in [-0.15, -0.1) is 0 Å². The van der Waals surface area contributed by atoms with Crippen LogP contribution in [0.15, 0.2) is 23.1 Å². The van der Waals surface area contributed by atoms with Gasteiger partial charge in [0.2, 0.25) is 10.0 Å². The molecule has 0 aliphatic carbocycles. The van der Waals surface area contributed by atoms with Gasteiger partial charge in [0.25, 0.3) is 0 Å². The van der Waals surface area contributed by atoms with Crippen molar-refractivity contribution < 1.29 is 28.2 Å². The van der Waals surface area contributed by atoms with E-state index in [1.807, 2.05) is 0 Å². The molecule has 1 heterocycles. The minimum atomic E-state index is -3.80. The van der Waals surface area contributed by atoms with Crippen molar-refractivity contribution in [2.75, 3.05) is 19.8 Å². The van der Waals surface area contributed by atoms with E-state index in [2.05, 4.69) is 4.72 Å². The van der Waals surface area contributed by atoms with Crippen LogP contribution in [0, 0.1) is 5.92 Å². The van der Waals surface area contributed by atoms with Crippen LogP contribution in [-0.4, -0.2) is 44.4 Å². The molecule has 20 heavy (non-hydrogen) atoms. The number of hydrogen-bond acceptors (Lipinski definition) is 5. The SMILES string of the molecule is O=C(O)c1cc(S(=O)(=O)NCC2CCOC2)ccc1O. The monoisotopic (exact) mass is 301 g/mol. The normalized spacial score (nSPS) is 19.1. The zero-order valence-corrected chi connectivity index (χ0v) is 11.4. The van der Waals surface area contributed by atoms with Crippen molar-refractivity contribution in [3.8, 4) is 5.75 Å². The maximum atomic E-state index is 12.0. The Morgan fingerprint density at radius 3 is 2.80 bits per heavy atom. The summed E-state index contributed by atoms with van der Waals surface area (Å²) in [5.74, 6) is -1.73. The highest BCUT2D eigenvalue weighted by Gasteiger charge is 2.22. The molecule has 0 amide bonds. The van der Waals surface area contributed by atoms with Crippen molar-refractivity contribution in [2.24, 2.45) is 5.92 Å². The predicted octanol–water partition coefficient (Wildman–Crippen LogP) is 0.405. The van der Waals surface area contributed by atoms with Crippen LogP contribution in [0.3, 0.4) is 0 Å². The number of carboxylic acid groups (broad SMARTS) is 1. The van der Waals surface area contributed by atoms with Crippen molar-refractivity contribution in [3.05, 3.63) is 23.8 Å². The van der Waals surface area contributed by atoms with Gasteiger partial charge in [-0.25, -0.2) is 17.9 Å². The van der Waals surface area contributed by atoms with Crippen molar-refractivity contribution >= 4 is 16.0 Å². The lowest BCUT2D eigenvalue weighted by atomic mass is 10.1. The van der Waals surface area contributed by atoms with E-state index < -0.39 is 27.3 Å². The minimum Gasteiger partial charge on any atom is -0.507 e. The summed E-state index contributed by atoms with van der Waals surface area (Å²) in [4.78, 5) is 10.7. The van der Waals surface area contributed by atoms with Gasteiger partial charge in [0.15, 0.2) is 0 Å². The summed E-state index contributed by atoms with van der Waals surface area (Å²) < 4.78 is 31.7. The Labute approximate surface area is 116 Å². The van der Waals surface area contributed by atoms with E-state index in [4.69, 9.17) is 9.84 Å². The van der Waals surface area contributed by atoms with Crippen molar-refractivity contribution in [1.29, 1.82) is 0 Å². The molecular weight excluding hydrogens is 286 g/mol. The number of aromatic hydroxyl groups is 1. The molecule has 2 rings (SSSR count). The highest BCUT2D eigenvalue weighted by Crippen LogP contribution is 2.21. The van der Waals surface area contributed by atoms with E-state index in [0.717, 1.165) is 24.6 Å². The fourth-order valence-electron chi connectivity index (χ4n) is 1.91. The molecule has 3 N–H and O–H groups in total. The van der Waals surface area contributed by atoms with Crippen molar-refractivity contribution in [1.82, 2.24) is 4.72 Å². The maximum Gasteiger partial charge on any atom is 0.339 e. The van der Waals surface area contributed by atoms with E-state index >= 15 is 0 Å². The molecule has 0 radical (unpaired) electrons. The Morgan fingerprint density at radius 2 is 2.20 bits per heavy atom. The summed E-state index contributed by atoms with van der Waals surface area (Å²) in [6.07, 6.45) is 0.790. The van der Waals surface area contributed by atoms with Gasteiger partial charge in [-0.3, -0.25) is 0 Å². The summed E-state index contributed by atoms with van der Waals surface area (Å²) >= 11 is 0. The van der Waals surface area contributed by atoms with Crippen LogP contribution in [-0.2, 0) is 14.8 Å². The lowest BCUT2D eigenvalue weighted by Gasteiger charge is -2.11. The second kappa shape index (κ2) is 5.78. The molecule has 0 bridgehead atoms. The number of hydrogen-bond donors (Lipinski definition) is 3. The van der Waals surface area contributed by atoms with Crippen LogP contribution in [0.4, 0.5) is 0 Å². The standard InChI is InChI=1S/C12H15NO6S/c14-11-2-1-9(5-10(11)12(15)16)20(17,18)13-6-8-3-4-19-7-8/h1-2,5,8,13-14H,3-4,6-7H2,(H,15,16). The van der Waals surface area contributed by atoms with Gasteiger partial charge < -0.3 is 14.9 Å². The van der Waals surface area contributed by atoms with E-state index in [1.54, 1.807) is 0 Å². The number of carbonyl (C=O) groups is 1. The number of phenols is 1. The van der Waals surface area contributed by atoms with E-state index in [1.165, 1.54) is 0 Å². The Bertz CT molecular complexity index is 606. The van der Waals surface area contributed by atoms with Crippen molar-refractivity contribution in [2.45, 2.75) is 11.3 Å². The quantitative estimate of drug-likeness (QED) is 0.726. The second-order valence-corrected chi connectivity index (χ2v) is 6.33. The lowest BCUT2D eigenvalue weighted by Crippen LogP contribution is -2.29. The molecule has 1 saturated heterocycles. The number of ether oxygens (including phenoxy) is 1. The summed E-state index contributed by atoms with van der Waals surface area (Å²) in [6.45, 7) is 1.37. The molecule has 1 unspecified atom stereocenters. The van der Waals surface area contributed by atoms with Gasteiger partial charge >= 0.3 is 5.97 Å². The molecule has 1 aliphatic heterocycles. The smallest absolute Gasteiger partial charge is 0.339 e. The molecule has 8 heteroatoms. The van der Waals surface area contributed by atoms with Crippen LogP contribution >= 0.6 is 0 Å². The van der Waals surface area contributed by atoms with E-state index in [0.29, 0.717) is 13.2 Å². The summed E-state index contributed by atoms with van der Waals surface area (Å²) in [5.41, 5.74) is -0.447. The van der Waals surface area contributed by atoms with Gasteiger partial charge in [0.1, 0.15) is 11.3 Å². The number of carboxylic acids is 1. The van der Waals surface area contributed by atoms with Crippen LogP contribution < -0.4 is 4.72 Å². The first-order chi connectivity index (χ1) is 9.40. The largest absolute Gasteiger partial charge is 0.507 e. The molecular formula is C12H15NO6S. The molecule has 0 spiro atoms. The van der Waals surface area contributed by atoms with Gasteiger partial charge in [0.05, 0.1) is 11.5 Å². The molecule has 1 aromatic rings. The number of benzene rings is 1. The third kappa shape index (κ3) is 3.27. The molecule has 1 aliphatic rings. The molecule has 0 aromatic heterocycles. The van der Waals surface area contributed by atoms with E-state index in [-0.39, 0.29) is 17.4 Å². The zero-order valence-electron chi connectivity index (χ0n) is 10.6. The lowest BCUT2D eigenvalue weighted by molar-refractivity contribution is 0.0693. The van der Waals surface area contributed by atoms with Crippen LogP contribution in [0.1, 0.15) is 16.8 Å². The average Bonchev–Trinajstić information content (AvgIpc) is 2.89. The highest BCUT2D eigenvalue weighted by atomic mass is 32.2.